The van der Waals surface area contributed by atoms with Crippen LogP contribution < -0.4 is 0 Å². The zero-order valence-electron chi connectivity index (χ0n) is 9.49. The lowest BCUT2D eigenvalue weighted by Gasteiger charge is -2.10. The zero-order chi connectivity index (χ0) is 13.0. The van der Waals surface area contributed by atoms with Gasteiger partial charge < -0.3 is 10.0 Å². The van der Waals surface area contributed by atoms with E-state index in [0.717, 1.165) is 18.7 Å². The molecule has 1 N–H and O–H groups in total. The molecule has 6 heteroatoms. The normalized spacial score (nSPS) is 11.4. The number of hydrogen-bond donors (Lipinski definition) is 1. The van der Waals surface area contributed by atoms with Gasteiger partial charge in [0.15, 0.2) is 0 Å². The first-order valence-electron chi connectivity index (χ1n) is 5.00. The summed E-state index contributed by atoms with van der Waals surface area (Å²) < 4.78 is 25.1. The van der Waals surface area contributed by atoms with Gasteiger partial charge in [-0.15, -0.1) is 0 Å². The molecule has 0 bridgehead atoms. The van der Waals surface area contributed by atoms with Crippen molar-refractivity contribution in [2.45, 2.75) is 13.3 Å². The molecule has 0 unspecified atom stereocenters. The van der Waals surface area contributed by atoms with Crippen LogP contribution in [0.3, 0.4) is 0 Å². The average Bonchev–Trinajstić information content (AvgIpc) is 2.26. The summed E-state index contributed by atoms with van der Waals surface area (Å²) in [5.74, 6) is -0.521. The van der Waals surface area contributed by atoms with Gasteiger partial charge >= 0.3 is 0 Å². The first-order chi connectivity index (χ1) is 7.95. The van der Waals surface area contributed by atoms with Crippen LogP contribution in [0.25, 0.3) is 0 Å². The molecule has 0 saturated carbocycles. The molecule has 0 aliphatic carbocycles. The summed E-state index contributed by atoms with van der Waals surface area (Å²) in [4.78, 5) is 5.75. The number of alkyl halides is 2. The Morgan fingerprint density at radius 2 is 2.18 bits per heavy atom. The summed E-state index contributed by atoms with van der Waals surface area (Å²) in [6, 6.07) is 2.16. The quantitative estimate of drug-likeness (QED) is 0.665. The van der Waals surface area contributed by atoms with Crippen LogP contribution >= 0.6 is 11.6 Å². The van der Waals surface area contributed by atoms with E-state index in [1.54, 1.807) is 11.9 Å². The molecule has 0 aromatic heterocycles. The summed E-state index contributed by atoms with van der Waals surface area (Å²) in [6.07, 6.45) is -1.27. The number of rotatable bonds is 4. The number of phenols is 1. The lowest BCUT2D eigenvalue weighted by molar-refractivity contribution is 0.147. The van der Waals surface area contributed by atoms with Gasteiger partial charge in [0.2, 0.25) is 0 Å². The van der Waals surface area contributed by atoms with Gasteiger partial charge in [-0.1, -0.05) is 11.6 Å². The molecular weight excluding hydrogens is 250 g/mol. The molecule has 0 aliphatic rings. The second-order valence-electron chi connectivity index (χ2n) is 3.48. The lowest BCUT2D eigenvalue weighted by Crippen LogP contribution is -2.14. The van der Waals surface area contributed by atoms with Crippen LogP contribution in [-0.2, 0) is 0 Å². The van der Waals surface area contributed by atoms with Crippen LogP contribution in [-0.4, -0.2) is 29.9 Å². The monoisotopic (exact) mass is 262 g/mol. The Kier molecular flexibility index (Phi) is 4.69. The van der Waals surface area contributed by atoms with Crippen LogP contribution in [0, 0.1) is 0 Å². The third-order valence-electron chi connectivity index (χ3n) is 2.22. The van der Waals surface area contributed by atoms with Gasteiger partial charge in [0.1, 0.15) is 5.75 Å². The maximum Gasteiger partial charge on any atom is 0.267 e. The molecule has 0 radical (unpaired) electrons. The fraction of sp³-hybridized carbons (Fsp3) is 0.364. The molecule has 0 aliphatic heterocycles. The fourth-order valence-electron chi connectivity index (χ4n) is 1.08. The van der Waals surface area contributed by atoms with Gasteiger partial charge in [-0.25, -0.2) is 13.8 Å². The van der Waals surface area contributed by atoms with E-state index in [4.69, 9.17) is 11.6 Å². The number of aromatic hydroxyl groups is 1. The maximum absolute atomic E-state index is 12.5. The number of aliphatic imine (C=N–C) groups is 1. The molecule has 1 rings (SSSR count). The smallest absolute Gasteiger partial charge is 0.267 e. The summed E-state index contributed by atoms with van der Waals surface area (Å²) in [6.45, 7) is 2.66. The number of hydrogen-bond acceptors (Lipinski definition) is 2. The molecular formula is C11H13ClF2N2O. The van der Waals surface area contributed by atoms with Crippen molar-refractivity contribution >= 4 is 23.6 Å². The van der Waals surface area contributed by atoms with Gasteiger partial charge in [-0.3, -0.25) is 0 Å². The molecule has 17 heavy (non-hydrogen) atoms. The Balaban J connectivity index is 3.08. The second-order valence-corrected chi connectivity index (χ2v) is 3.89. The van der Waals surface area contributed by atoms with E-state index in [1.165, 1.54) is 6.34 Å². The Labute approximate surface area is 103 Å². The van der Waals surface area contributed by atoms with Crippen LogP contribution in [0.4, 0.5) is 14.5 Å². The van der Waals surface area contributed by atoms with Gasteiger partial charge in [-0.05, 0) is 13.0 Å². The molecule has 0 heterocycles. The highest BCUT2D eigenvalue weighted by molar-refractivity contribution is 6.33. The number of phenolic OH excluding ortho intramolecular Hbond substituents is 1. The van der Waals surface area contributed by atoms with Gasteiger partial charge in [0, 0.05) is 19.7 Å². The number of benzene rings is 1. The topological polar surface area (TPSA) is 35.8 Å². The second kappa shape index (κ2) is 5.82. The van der Waals surface area contributed by atoms with Crippen molar-refractivity contribution < 1.29 is 13.9 Å². The van der Waals surface area contributed by atoms with Gasteiger partial charge in [-0.2, -0.15) is 0 Å². The minimum atomic E-state index is -2.76. The van der Waals surface area contributed by atoms with E-state index in [-0.39, 0.29) is 10.7 Å². The molecule has 0 atom stereocenters. The van der Waals surface area contributed by atoms with Gasteiger partial charge in [0.25, 0.3) is 6.43 Å². The minimum absolute atomic E-state index is 0.132. The van der Waals surface area contributed by atoms with E-state index in [1.807, 2.05) is 6.92 Å². The summed E-state index contributed by atoms with van der Waals surface area (Å²) in [5, 5.41) is 9.42. The molecule has 0 saturated heterocycles. The Morgan fingerprint density at radius 1 is 1.53 bits per heavy atom. The predicted octanol–water partition coefficient (Wildman–Crippen LogP) is 3.59. The molecule has 0 fully saturated rings. The molecule has 0 amide bonds. The molecule has 0 spiro atoms. The Morgan fingerprint density at radius 3 is 2.71 bits per heavy atom. The zero-order valence-corrected chi connectivity index (χ0v) is 10.2. The van der Waals surface area contributed by atoms with E-state index >= 15 is 0 Å². The lowest BCUT2D eigenvalue weighted by atomic mass is 10.2. The SMILES string of the molecule is CCN(C)C=Nc1cc(C(F)F)c(O)cc1Cl. The summed E-state index contributed by atoms with van der Waals surface area (Å²) >= 11 is 5.80. The first kappa shape index (κ1) is 13.7. The standard InChI is InChI=1S/C11H13ClF2N2O/c1-3-16(2)6-15-9-4-7(11(13)14)10(17)5-8(9)12/h4-6,11,17H,3H2,1-2H3. The van der Waals surface area contributed by atoms with Crippen molar-refractivity contribution in [3.63, 3.8) is 0 Å². The number of halogens is 3. The van der Waals surface area contributed by atoms with E-state index < -0.39 is 17.7 Å². The average molecular weight is 263 g/mol. The Hall–Kier alpha value is -1.36. The third kappa shape index (κ3) is 3.56. The van der Waals surface area contributed by atoms with Crippen molar-refractivity contribution in [1.29, 1.82) is 0 Å². The van der Waals surface area contributed by atoms with Crippen molar-refractivity contribution in [3.8, 4) is 5.75 Å². The van der Waals surface area contributed by atoms with Crippen LogP contribution in [0.1, 0.15) is 18.9 Å². The molecule has 94 valence electrons. The van der Waals surface area contributed by atoms with Crippen LogP contribution in [0.2, 0.25) is 5.02 Å². The van der Waals surface area contributed by atoms with Gasteiger partial charge in [0.05, 0.1) is 22.6 Å². The first-order valence-corrected chi connectivity index (χ1v) is 5.38. The highest BCUT2D eigenvalue weighted by Crippen LogP contribution is 2.36. The van der Waals surface area contributed by atoms with E-state index in [9.17, 15) is 13.9 Å². The van der Waals surface area contributed by atoms with Crippen molar-refractivity contribution in [2.75, 3.05) is 13.6 Å². The maximum atomic E-state index is 12.5. The minimum Gasteiger partial charge on any atom is -0.507 e. The van der Waals surface area contributed by atoms with Crippen molar-refractivity contribution in [2.24, 2.45) is 4.99 Å². The highest BCUT2D eigenvalue weighted by atomic mass is 35.5. The highest BCUT2D eigenvalue weighted by Gasteiger charge is 2.15. The van der Waals surface area contributed by atoms with E-state index in [0.29, 0.717) is 0 Å². The molecule has 3 nitrogen and oxygen atoms in total. The summed E-state index contributed by atoms with van der Waals surface area (Å²) in [5.41, 5.74) is -0.263. The Bertz CT molecular complexity index is 424. The molecule has 1 aromatic carbocycles. The fourth-order valence-corrected chi connectivity index (χ4v) is 1.29. The van der Waals surface area contributed by atoms with Crippen LogP contribution in [0.15, 0.2) is 17.1 Å². The molecule has 1 aromatic rings. The number of nitrogens with zero attached hydrogens (tertiary/aromatic N) is 2. The van der Waals surface area contributed by atoms with Crippen molar-refractivity contribution in [3.05, 3.63) is 22.7 Å². The van der Waals surface area contributed by atoms with Crippen LogP contribution in [0.5, 0.6) is 5.75 Å². The van der Waals surface area contributed by atoms with E-state index in [2.05, 4.69) is 4.99 Å². The third-order valence-corrected chi connectivity index (χ3v) is 2.53. The van der Waals surface area contributed by atoms with Crippen molar-refractivity contribution in [1.82, 2.24) is 4.90 Å². The predicted molar refractivity (Wildman–Crippen MR) is 64.5 cm³/mol. The summed E-state index contributed by atoms with van der Waals surface area (Å²) in [7, 11) is 1.80. The largest absolute Gasteiger partial charge is 0.507 e.